The molecule has 2 aromatic heterocycles. The van der Waals surface area contributed by atoms with Crippen molar-refractivity contribution < 1.29 is 9.21 Å². The van der Waals surface area contributed by atoms with Crippen molar-refractivity contribution in [2.45, 2.75) is 6.54 Å². The number of aromatic nitrogens is 3. The summed E-state index contributed by atoms with van der Waals surface area (Å²) in [7, 11) is 0. The first-order valence-corrected chi connectivity index (χ1v) is 4.47. The predicted octanol–water partition coefficient (Wildman–Crippen LogP) is -0.312. The number of hydrogen-bond acceptors (Lipinski definition) is 5. The van der Waals surface area contributed by atoms with Crippen LogP contribution < -0.4 is 10.9 Å². The molecule has 82 valence electrons. The van der Waals surface area contributed by atoms with Crippen molar-refractivity contribution in [3.63, 3.8) is 0 Å². The standard InChI is InChI=1S/C9H8N4O3/c14-8-2-1-6(4-16-8)9(15)10-3-7-11-5-12-13-7/h1-2,4-5H,3H2,(H,10,15)(H,11,12,13). The second-order valence-corrected chi connectivity index (χ2v) is 2.96. The number of nitrogens with zero attached hydrogens (tertiary/aromatic N) is 2. The number of carbonyl (C=O) groups is 1. The van der Waals surface area contributed by atoms with E-state index in [0.717, 1.165) is 6.26 Å². The van der Waals surface area contributed by atoms with E-state index in [4.69, 9.17) is 0 Å². The number of amides is 1. The van der Waals surface area contributed by atoms with Crippen LogP contribution in [0.4, 0.5) is 0 Å². The molecule has 2 N–H and O–H groups in total. The molecule has 2 aromatic rings. The summed E-state index contributed by atoms with van der Waals surface area (Å²) >= 11 is 0. The van der Waals surface area contributed by atoms with Crippen LogP contribution in [0.3, 0.4) is 0 Å². The number of carbonyl (C=O) groups excluding carboxylic acids is 1. The average Bonchev–Trinajstić information content (AvgIpc) is 2.80. The molecule has 2 heterocycles. The van der Waals surface area contributed by atoms with Crippen molar-refractivity contribution in [1.29, 1.82) is 0 Å². The number of aromatic amines is 1. The summed E-state index contributed by atoms with van der Waals surface area (Å²) in [6.07, 6.45) is 2.46. The van der Waals surface area contributed by atoms with Gasteiger partial charge in [0.15, 0.2) is 0 Å². The monoisotopic (exact) mass is 220 g/mol. The zero-order valence-corrected chi connectivity index (χ0v) is 8.14. The highest BCUT2D eigenvalue weighted by atomic mass is 16.4. The van der Waals surface area contributed by atoms with E-state index in [-0.39, 0.29) is 18.0 Å². The van der Waals surface area contributed by atoms with Crippen molar-refractivity contribution in [3.05, 3.63) is 46.5 Å². The van der Waals surface area contributed by atoms with E-state index >= 15 is 0 Å². The summed E-state index contributed by atoms with van der Waals surface area (Å²) in [5, 5.41) is 8.83. The van der Waals surface area contributed by atoms with Crippen molar-refractivity contribution in [2.24, 2.45) is 0 Å². The second kappa shape index (κ2) is 4.39. The first-order valence-electron chi connectivity index (χ1n) is 4.47. The first kappa shape index (κ1) is 10.1. The fourth-order valence-electron chi connectivity index (χ4n) is 1.07. The molecule has 0 saturated heterocycles. The van der Waals surface area contributed by atoms with Gasteiger partial charge < -0.3 is 9.73 Å². The molecule has 0 spiro atoms. The Balaban J connectivity index is 1.98. The van der Waals surface area contributed by atoms with E-state index in [0.29, 0.717) is 5.82 Å². The highest BCUT2D eigenvalue weighted by Gasteiger charge is 2.06. The molecule has 0 bridgehead atoms. The minimum atomic E-state index is -0.494. The average molecular weight is 220 g/mol. The topological polar surface area (TPSA) is 101 Å². The molecule has 0 unspecified atom stereocenters. The van der Waals surface area contributed by atoms with Crippen LogP contribution in [0, 0.1) is 0 Å². The Morgan fingerprint density at radius 1 is 1.50 bits per heavy atom. The van der Waals surface area contributed by atoms with Crippen LogP contribution in [0.5, 0.6) is 0 Å². The van der Waals surface area contributed by atoms with Crippen molar-refractivity contribution in [1.82, 2.24) is 20.5 Å². The normalized spacial score (nSPS) is 10.0. The minimum Gasteiger partial charge on any atom is -0.430 e. The SMILES string of the molecule is O=C(NCc1ncn[nH]1)c1ccc(=O)oc1. The van der Waals surface area contributed by atoms with Gasteiger partial charge in [0, 0.05) is 6.07 Å². The zero-order valence-electron chi connectivity index (χ0n) is 8.14. The van der Waals surface area contributed by atoms with E-state index in [1.54, 1.807) is 0 Å². The molecule has 0 aliphatic heterocycles. The number of rotatable bonds is 3. The van der Waals surface area contributed by atoms with E-state index < -0.39 is 5.63 Å². The van der Waals surface area contributed by atoms with Crippen molar-refractivity contribution in [2.75, 3.05) is 0 Å². The summed E-state index contributed by atoms with van der Waals surface area (Å²) in [6, 6.07) is 2.57. The summed E-state index contributed by atoms with van der Waals surface area (Å²) in [6.45, 7) is 0.234. The molecule has 16 heavy (non-hydrogen) atoms. The molecular weight excluding hydrogens is 212 g/mol. The maximum Gasteiger partial charge on any atom is 0.335 e. The number of nitrogens with one attached hydrogen (secondary N) is 2. The van der Waals surface area contributed by atoms with Crippen LogP contribution in [0.25, 0.3) is 0 Å². The van der Waals surface area contributed by atoms with Crippen LogP contribution in [0.2, 0.25) is 0 Å². The van der Waals surface area contributed by atoms with Crippen LogP contribution in [0.1, 0.15) is 16.2 Å². The molecule has 0 aliphatic carbocycles. The van der Waals surface area contributed by atoms with Crippen LogP contribution in [-0.4, -0.2) is 21.1 Å². The lowest BCUT2D eigenvalue weighted by atomic mass is 10.3. The molecule has 0 aromatic carbocycles. The third-order valence-corrected chi connectivity index (χ3v) is 1.84. The zero-order chi connectivity index (χ0) is 11.4. The van der Waals surface area contributed by atoms with Gasteiger partial charge in [-0.15, -0.1) is 0 Å². The van der Waals surface area contributed by atoms with Gasteiger partial charge in [-0.1, -0.05) is 0 Å². The van der Waals surface area contributed by atoms with Gasteiger partial charge in [-0.2, -0.15) is 5.10 Å². The Kier molecular flexibility index (Phi) is 2.77. The highest BCUT2D eigenvalue weighted by Crippen LogP contribution is 1.95. The van der Waals surface area contributed by atoms with E-state index in [1.165, 1.54) is 18.5 Å². The fraction of sp³-hybridized carbons (Fsp3) is 0.111. The van der Waals surface area contributed by atoms with E-state index in [9.17, 15) is 9.59 Å². The Bertz CT molecular complexity index is 511. The van der Waals surface area contributed by atoms with Crippen molar-refractivity contribution >= 4 is 5.91 Å². The predicted molar refractivity (Wildman–Crippen MR) is 52.5 cm³/mol. The Morgan fingerprint density at radius 2 is 2.38 bits per heavy atom. The van der Waals surface area contributed by atoms with Gasteiger partial charge in [-0.25, -0.2) is 9.78 Å². The molecule has 0 aliphatic rings. The van der Waals surface area contributed by atoms with Gasteiger partial charge in [-0.05, 0) is 6.07 Å². The maximum absolute atomic E-state index is 11.5. The highest BCUT2D eigenvalue weighted by molar-refractivity contribution is 5.93. The van der Waals surface area contributed by atoms with Gasteiger partial charge in [0.1, 0.15) is 18.4 Å². The maximum atomic E-state index is 11.5. The summed E-state index contributed by atoms with van der Waals surface area (Å²) in [5.41, 5.74) is -0.217. The van der Waals surface area contributed by atoms with Gasteiger partial charge in [-0.3, -0.25) is 9.89 Å². The number of H-pyrrole nitrogens is 1. The summed E-state index contributed by atoms with van der Waals surface area (Å²) in [4.78, 5) is 26.0. The third-order valence-electron chi connectivity index (χ3n) is 1.84. The fourth-order valence-corrected chi connectivity index (χ4v) is 1.07. The summed E-state index contributed by atoms with van der Waals surface area (Å²) in [5.74, 6) is 0.200. The largest absolute Gasteiger partial charge is 0.430 e. The Labute approximate surface area is 89.5 Å². The lowest BCUT2D eigenvalue weighted by Crippen LogP contribution is -2.23. The van der Waals surface area contributed by atoms with Crippen LogP contribution in [0.15, 0.2) is 33.9 Å². The smallest absolute Gasteiger partial charge is 0.335 e. The molecule has 7 nitrogen and oxygen atoms in total. The molecule has 2 rings (SSSR count). The van der Waals surface area contributed by atoms with Gasteiger partial charge in [0.2, 0.25) is 0 Å². The second-order valence-electron chi connectivity index (χ2n) is 2.96. The molecule has 7 heteroatoms. The molecule has 1 amide bonds. The van der Waals surface area contributed by atoms with Crippen molar-refractivity contribution in [3.8, 4) is 0 Å². The third kappa shape index (κ3) is 2.32. The molecule has 0 saturated carbocycles. The van der Waals surface area contributed by atoms with E-state index in [1.807, 2.05) is 0 Å². The quantitative estimate of drug-likeness (QED) is 0.738. The first-order chi connectivity index (χ1) is 7.75. The van der Waals surface area contributed by atoms with Crippen LogP contribution >= 0.6 is 0 Å². The van der Waals surface area contributed by atoms with Gasteiger partial charge in [0.25, 0.3) is 5.91 Å². The lowest BCUT2D eigenvalue weighted by Gasteiger charge is -2.01. The molecule has 0 atom stereocenters. The van der Waals surface area contributed by atoms with Gasteiger partial charge >= 0.3 is 5.63 Å². The molecular formula is C9H8N4O3. The van der Waals surface area contributed by atoms with Gasteiger partial charge in [0.05, 0.1) is 12.1 Å². The molecule has 0 fully saturated rings. The lowest BCUT2D eigenvalue weighted by molar-refractivity contribution is 0.0947. The van der Waals surface area contributed by atoms with E-state index in [2.05, 4.69) is 24.9 Å². The summed E-state index contributed by atoms with van der Waals surface area (Å²) < 4.78 is 4.56. The Hall–Kier alpha value is -2.44. The van der Waals surface area contributed by atoms with Crippen LogP contribution in [-0.2, 0) is 6.54 Å². The number of hydrogen-bond donors (Lipinski definition) is 2. The minimum absolute atomic E-state index is 0.234. The molecule has 0 radical (unpaired) electrons. The Morgan fingerprint density at radius 3 is 3.00 bits per heavy atom.